The molecule has 0 saturated heterocycles. The molecular formula is C9H21NO5. The van der Waals surface area contributed by atoms with Crippen LogP contribution in [-0.4, -0.2) is 81.6 Å². The number of hydrogen-bond donors (Lipinski definition) is 5. The van der Waals surface area contributed by atoms with Crippen molar-refractivity contribution in [1.29, 1.82) is 0 Å². The minimum atomic E-state index is -1.56. The van der Waals surface area contributed by atoms with E-state index in [0.717, 1.165) is 0 Å². The summed E-state index contributed by atoms with van der Waals surface area (Å²) in [5.74, 6) is 0. The van der Waals surface area contributed by atoms with Crippen LogP contribution in [0.5, 0.6) is 0 Å². The lowest BCUT2D eigenvalue weighted by atomic mass is 9.98. The summed E-state index contributed by atoms with van der Waals surface area (Å²) in [6.07, 6.45) is -5.71. The highest BCUT2D eigenvalue weighted by Crippen LogP contribution is 2.10. The Kier molecular flexibility index (Phi) is 6.26. The van der Waals surface area contributed by atoms with E-state index in [0.29, 0.717) is 0 Å². The molecule has 0 spiro atoms. The van der Waals surface area contributed by atoms with Gasteiger partial charge in [0.25, 0.3) is 0 Å². The second-order valence-electron chi connectivity index (χ2n) is 3.93. The van der Waals surface area contributed by atoms with E-state index >= 15 is 0 Å². The summed E-state index contributed by atoms with van der Waals surface area (Å²) >= 11 is 0. The molecule has 0 aromatic carbocycles. The van der Waals surface area contributed by atoms with Crippen LogP contribution in [0.15, 0.2) is 0 Å². The lowest BCUT2D eigenvalue weighted by Gasteiger charge is -2.32. The third kappa shape index (κ3) is 4.02. The van der Waals surface area contributed by atoms with Crippen molar-refractivity contribution < 1.29 is 25.5 Å². The molecule has 0 bridgehead atoms. The van der Waals surface area contributed by atoms with Crippen molar-refractivity contribution in [3.8, 4) is 0 Å². The van der Waals surface area contributed by atoms with Crippen LogP contribution in [0, 0.1) is 0 Å². The fourth-order valence-electron chi connectivity index (χ4n) is 1.13. The van der Waals surface area contributed by atoms with E-state index in [1.54, 1.807) is 25.9 Å². The van der Waals surface area contributed by atoms with Gasteiger partial charge in [-0.1, -0.05) is 0 Å². The minimum absolute atomic E-state index is 0.374. The number of aliphatic hydroxyl groups is 5. The summed E-state index contributed by atoms with van der Waals surface area (Å²) in [5, 5.41) is 46.1. The molecule has 6 nitrogen and oxygen atoms in total. The summed E-state index contributed by atoms with van der Waals surface area (Å²) in [4.78, 5) is 1.67. The first kappa shape index (κ1) is 14.8. The van der Waals surface area contributed by atoms with E-state index in [9.17, 15) is 15.3 Å². The zero-order valence-corrected chi connectivity index (χ0v) is 9.28. The van der Waals surface area contributed by atoms with Gasteiger partial charge in [-0.3, -0.25) is 0 Å². The van der Waals surface area contributed by atoms with Gasteiger partial charge in [0.2, 0.25) is 0 Å². The molecule has 0 aliphatic heterocycles. The van der Waals surface area contributed by atoms with Crippen molar-refractivity contribution in [2.45, 2.75) is 37.4 Å². The minimum Gasteiger partial charge on any atom is -0.394 e. The maximum Gasteiger partial charge on any atom is 0.111 e. The second-order valence-corrected chi connectivity index (χ2v) is 3.93. The molecule has 0 heterocycles. The van der Waals surface area contributed by atoms with Crippen molar-refractivity contribution in [1.82, 2.24) is 4.90 Å². The van der Waals surface area contributed by atoms with E-state index in [1.807, 2.05) is 0 Å². The highest BCUT2D eigenvalue weighted by atomic mass is 16.4. The van der Waals surface area contributed by atoms with Crippen LogP contribution in [0.4, 0.5) is 0 Å². The summed E-state index contributed by atoms with van der Waals surface area (Å²) < 4.78 is 0. The maximum atomic E-state index is 9.63. The van der Waals surface area contributed by atoms with Gasteiger partial charge in [-0.15, -0.1) is 0 Å². The monoisotopic (exact) mass is 223 g/mol. The molecule has 0 aromatic rings. The molecule has 0 amide bonds. The van der Waals surface area contributed by atoms with Crippen LogP contribution in [-0.2, 0) is 0 Å². The number of hydrogen-bond acceptors (Lipinski definition) is 6. The number of nitrogens with zero attached hydrogens (tertiary/aromatic N) is 1. The van der Waals surface area contributed by atoms with Crippen molar-refractivity contribution in [3.63, 3.8) is 0 Å². The molecule has 5 atom stereocenters. The molecule has 0 aromatic heterocycles. The lowest BCUT2D eigenvalue weighted by molar-refractivity contribution is -0.127. The molecule has 92 valence electrons. The van der Waals surface area contributed by atoms with Gasteiger partial charge in [0.05, 0.1) is 12.7 Å². The summed E-state index contributed by atoms with van der Waals surface area (Å²) in [6, 6.07) is -0.374. The Balaban J connectivity index is 4.36. The molecule has 0 aliphatic rings. The van der Waals surface area contributed by atoms with E-state index in [4.69, 9.17) is 10.2 Å². The first-order valence-corrected chi connectivity index (χ1v) is 4.82. The first-order chi connectivity index (χ1) is 6.82. The normalized spacial score (nSPS) is 22.2. The Morgan fingerprint density at radius 1 is 0.933 bits per heavy atom. The molecule has 5 unspecified atom stereocenters. The van der Waals surface area contributed by atoms with E-state index in [2.05, 4.69) is 0 Å². The molecule has 0 fully saturated rings. The Morgan fingerprint density at radius 2 is 1.40 bits per heavy atom. The SMILES string of the molecule is CC(C(O)C(O)C(O)C(O)CO)N(C)C. The zero-order chi connectivity index (χ0) is 12.2. The summed E-state index contributed by atoms with van der Waals surface area (Å²) in [5.41, 5.74) is 0. The van der Waals surface area contributed by atoms with Gasteiger partial charge in [-0.2, -0.15) is 0 Å². The van der Waals surface area contributed by atoms with Gasteiger partial charge < -0.3 is 30.4 Å². The molecule has 0 rings (SSSR count). The summed E-state index contributed by atoms with van der Waals surface area (Å²) in [7, 11) is 3.44. The Hall–Kier alpha value is -0.240. The molecular weight excluding hydrogens is 202 g/mol. The van der Waals surface area contributed by atoms with Crippen LogP contribution in [0.1, 0.15) is 6.92 Å². The first-order valence-electron chi connectivity index (χ1n) is 4.82. The van der Waals surface area contributed by atoms with Crippen LogP contribution in [0.2, 0.25) is 0 Å². The molecule has 0 radical (unpaired) electrons. The predicted molar refractivity (Wildman–Crippen MR) is 54.3 cm³/mol. The van der Waals surface area contributed by atoms with Crippen molar-refractivity contribution in [2.24, 2.45) is 0 Å². The Morgan fingerprint density at radius 3 is 1.73 bits per heavy atom. The van der Waals surface area contributed by atoms with Gasteiger partial charge in [0.1, 0.15) is 18.3 Å². The van der Waals surface area contributed by atoms with Crippen LogP contribution >= 0.6 is 0 Å². The standard InChI is InChI=1S/C9H21NO5/c1-5(10(2)3)7(13)9(15)8(14)6(12)4-11/h5-9,11-15H,4H2,1-3H3. The van der Waals surface area contributed by atoms with Crippen LogP contribution < -0.4 is 0 Å². The fourth-order valence-corrected chi connectivity index (χ4v) is 1.13. The van der Waals surface area contributed by atoms with Gasteiger partial charge in [-0.05, 0) is 21.0 Å². The number of likely N-dealkylation sites (N-methyl/N-ethyl adjacent to an activating group) is 1. The topological polar surface area (TPSA) is 104 Å². The van der Waals surface area contributed by atoms with Crippen LogP contribution in [0.3, 0.4) is 0 Å². The predicted octanol–water partition coefficient (Wildman–Crippen LogP) is -2.63. The van der Waals surface area contributed by atoms with Gasteiger partial charge >= 0.3 is 0 Å². The maximum absolute atomic E-state index is 9.63. The highest BCUT2D eigenvalue weighted by molar-refractivity contribution is 4.85. The summed E-state index contributed by atoms with van der Waals surface area (Å²) in [6.45, 7) is 1.01. The van der Waals surface area contributed by atoms with Crippen molar-refractivity contribution in [3.05, 3.63) is 0 Å². The Bertz CT molecular complexity index is 178. The average molecular weight is 223 g/mol. The molecule has 5 N–H and O–H groups in total. The van der Waals surface area contributed by atoms with E-state index in [1.165, 1.54) is 0 Å². The molecule has 6 heteroatoms. The number of aliphatic hydroxyl groups excluding tert-OH is 5. The molecule has 0 saturated carbocycles. The number of rotatable bonds is 6. The quantitative estimate of drug-likeness (QED) is 0.337. The lowest BCUT2D eigenvalue weighted by Crippen LogP contribution is -2.52. The third-order valence-electron chi connectivity index (χ3n) is 2.59. The third-order valence-corrected chi connectivity index (χ3v) is 2.59. The van der Waals surface area contributed by atoms with Crippen molar-refractivity contribution >= 4 is 0 Å². The largest absolute Gasteiger partial charge is 0.394 e. The van der Waals surface area contributed by atoms with Gasteiger partial charge in [-0.25, -0.2) is 0 Å². The van der Waals surface area contributed by atoms with Crippen LogP contribution in [0.25, 0.3) is 0 Å². The fraction of sp³-hybridized carbons (Fsp3) is 1.00. The smallest absolute Gasteiger partial charge is 0.111 e. The second kappa shape index (κ2) is 6.37. The van der Waals surface area contributed by atoms with Gasteiger partial charge in [0, 0.05) is 6.04 Å². The van der Waals surface area contributed by atoms with E-state index < -0.39 is 31.0 Å². The van der Waals surface area contributed by atoms with E-state index in [-0.39, 0.29) is 6.04 Å². The zero-order valence-electron chi connectivity index (χ0n) is 9.28. The van der Waals surface area contributed by atoms with Crippen molar-refractivity contribution in [2.75, 3.05) is 20.7 Å². The highest BCUT2D eigenvalue weighted by Gasteiger charge is 2.33. The Labute approximate surface area is 89.4 Å². The average Bonchev–Trinajstić information content (AvgIpc) is 2.23. The molecule has 0 aliphatic carbocycles. The van der Waals surface area contributed by atoms with Gasteiger partial charge in [0.15, 0.2) is 0 Å². The molecule has 15 heavy (non-hydrogen) atoms.